The Bertz CT molecular complexity index is 884. The molecule has 0 aromatic carbocycles. The number of carbonyl (C=O) groups is 1. The number of rotatable bonds is 4. The van der Waals surface area contributed by atoms with Gasteiger partial charge < -0.3 is 9.16 Å². The summed E-state index contributed by atoms with van der Waals surface area (Å²) in [5.41, 5.74) is 2.39. The monoisotopic (exact) mass is 490 g/mol. The molecule has 0 aromatic heterocycles. The Balaban J connectivity index is 1.54. The lowest BCUT2D eigenvalue weighted by atomic mass is 9.48. The van der Waals surface area contributed by atoms with Gasteiger partial charge in [0.15, 0.2) is 8.32 Å². The van der Waals surface area contributed by atoms with Crippen LogP contribution in [0.25, 0.3) is 0 Å². The van der Waals surface area contributed by atoms with Crippen LogP contribution in [0.5, 0.6) is 0 Å². The van der Waals surface area contributed by atoms with Gasteiger partial charge in [-0.05, 0) is 111 Å². The van der Waals surface area contributed by atoms with Gasteiger partial charge in [-0.25, -0.2) is 4.79 Å². The van der Waals surface area contributed by atoms with Crippen molar-refractivity contribution in [1.82, 2.24) is 0 Å². The molecule has 3 unspecified atom stereocenters. The van der Waals surface area contributed by atoms with Crippen LogP contribution >= 0.6 is 0 Å². The highest BCUT2D eigenvalue weighted by Gasteiger charge is 2.58. The van der Waals surface area contributed by atoms with E-state index < -0.39 is 20.1 Å². The second kappa shape index (κ2) is 8.87. The minimum Gasteiger partial charge on any atom is -0.461 e. The predicted molar refractivity (Wildman–Crippen MR) is 139 cm³/mol. The molecule has 0 aliphatic heterocycles. The van der Waals surface area contributed by atoms with Gasteiger partial charge in [-0.1, -0.05) is 46.3 Å². The van der Waals surface area contributed by atoms with Crippen molar-refractivity contribution in [1.29, 1.82) is 0 Å². The van der Waals surface area contributed by atoms with E-state index in [1.165, 1.54) is 6.42 Å². The maximum atomic E-state index is 15.1. The van der Waals surface area contributed by atoms with Crippen LogP contribution in [0, 0.1) is 28.6 Å². The largest absolute Gasteiger partial charge is 0.461 e. The van der Waals surface area contributed by atoms with Crippen molar-refractivity contribution >= 4 is 14.3 Å². The van der Waals surface area contributed by atoms with E-state index >= 15 is 4.39 Å². The Morgan fingerprint density at radius 3 is 2.41 bits per heavy atom. The van der Waals surface area contributed by atoms with Gasteiger partial charge in [-0.15, -0.1) is 0 Å². The molecule has 4 aliphatic carbocycles. The molecule has 3 saturated carbocycles. The van der Waals surface area contributed by atoms with E-state index in [2.05, 4.69) is 53.8 Å². The lowest BCUT2D eigenvalue weighted by Gasteiger charge is -2.58. The van der Waals surface area contributed by atoms with Crippen molar-refractivity contribution < 1.29 is 18.3 Å². The molecule has 4 aliphatic rings. The van der Waals surface area contributed by atoms with E-state index in [-0.39, 0.29) is 22.5 Å². The van der Waals surface area contributed by atoms with Gasteiger partial charge in [-0.3, -0.25) is 0 Å². The third-order valence-corrected chi connectivity index (χ3v) is 15.4. The fraction of sp³-hybridized carbons (Fsp3) is 0.828. The van der Waals surface area contributed by atoms with Crippen molar-refractivity contribution in [2.45, 2.75) is 117 Å². The highest BCUT2D eigenvalue weighted by atomic mass is 28.4. The highest BCUT2D eigenvalue weighted by Crippen LogP contribution is 2.66. The van der Waals surface area contributed by atoms with Crippen molar-refractivity contribution in [2.75, 3.05) is 6.61 Å². The summed E-state index contributed by atoms with van der Waals surface area (Å²) in [6, 6.07) is 0. The van der Waals surface area contributed by atoms with Gasteiger partial charge >= 0.3 is 5.97 Å². The summed E-state index contributed by atoms with van der Waals surface area (Å²) < 4.78 is 27.0. The van der Waals surface area contributed by atoms with Crippen LogP contribution in [0.15, 0.2) is 23.0 Å². The molecule has 4 rings (SSSR count). The fourth-order valence-electron chi connectivity index (χ4n) is 7.81. The van der Waals surface area contributed by atoms with Crippen LogP contribution in [0.2, 0.25) is 18.1 Å². The molecular weight excluding hydrogens is 443 g/mol. The zero-order chi connectivity index (χ0) is 25.1. The smallest absolute Gasteiger partial charge is 0.367 e. The normalized spacial score (nSPS) is 39.5. The summed E-state index contributed by atoms with van der Waals surface area (Å²) in [5.74, 6) is 0.325. The van der Waals surface area contributed by atoms with Crippen LogP contribution in [-0.4, -0.2) is 27.0 Å². The Labute approximate surface area is 208 Å². The molecule has 6 atom stereocenters. The van der Waals surface area contributed by atoms with Gasteiger partial charge in [0.05, 0.1) is 6.61 Å². The highest BCUT2D eigenvalue weighted by molar-refractivity contribution is 6.74. The molecule has 3 nitrogen and oxygen atoms in total. The van der Waals surface area contributed by atoms with Crippen LogP contribution in [0.1, 0.15) is 92.9 Å². The minimum absolute atomic E-state index is 0.206. The fourth-order valence-corrected chi connectivity index (χ4v) is 9.20. The average Bonchev–Trinajstić information content (AvgIpc) is 3.09. The second-order valence-electron chi connectivity index (χ2n) is 13.5. The van der Waals surface area contributed by atoms with Crippen molar-refractivity contribution in [3.63, 3.8) is 0 Å². The van der Waals surface area contributed by atoms with Crippen LogP contribution in [0.4, 0.5) is 4.39 Å². The lowest BCUT2D eigenvalue weighted by Crippen LogP contribution is -2.51. The quantitative estimate of drug-likeness (QED) is 0.173. The summed E-state index contributed by atoms with van der Waals surface area (Å²) in [6.45, 7) is 18.4. The number of hydrogen-bond acceptors (Lipinski definition) is 3. The van der Waals surface area contributed by atoms with Crippen molar-refractivity contribution in [3.05, 3.63) is 23.0 Å². The van der Waals surface area contributed by atoms with Gasteiger partial charge in [-0.2, -0.15) is 4.39 Å². The van der Waals surface area contributed by atoms with Gasteiger partial charge in [0.2, 0.25) is 5.83 Å². The lowest BCUT2D eigenvalue weighted by molar-refractivity contribution is -0.140. The first-order valence-electron chi connectivity index (χ1n) is 13.7. The molecule has 0 radical (unpaired) electrons. The van der Waals surface area contributed by atoms with E-state index in [0.717, 1.165) is 44.1 Å². The summed E-state index contributed by atoms with van der Waals surface area (Å²) in [7, 11) is -1.77. The first-order valence-corrected chi connectivity index (χ1v) is 16.6. The molecule has 0 amide bonds. The average molecular weight is 491 g/mol. The topological polar surface area (TPSA) is 35.5 Å². The molecule has 0 heterocycles. The molecule has 0 bridgehead atoms. The maximum absolute atomic E-state index is 15.1. The SMILES string of the molecule is CCOC(=O)/C(F)=C1/CCC2C3CC=C4C[C@@H](O[Si](C)(C)C(C)(C)C)CC[C@]4(C)C3CC[C@]12C. The summed E-state index contributed by atoms with van der Waals surface area (Å²) in [4.78, 5) is 12.2. The van der Waals surface area contributed by atoms with Crippen LogP contribution in [0.3, 0.4) is 0 Å². The number of allylic oxidation sites excluding steroid dienone is 2. The second-order valence-corrected chi connectivity index (χ2v) is 18.3. The maximum Gasteiger partial charge on any atom is 0.367 e. The van der Waals surface area contributed by atoms with E-state index in [4.69, 9.17) is 9.16 Å². The third-order valence-electron chi connectivity index (χ3n) is 10.8. The molecule has 0 aromatic rings. The molecule has 192 valence electrons. The Kier molecular flexibility index (Phi) is 6.81. The first-order chi connectivity index (χ1) is 15.7. The summed E-state index contributed by atoms with van der Waals surface area (Å²) in [6.07, 6.45) is 11.2. The number of fused-ring (bicyclic) bond motifs is 5. The first kappa shape index (κ1) is 26.1. The third kappa shape index (κ3) is 4.17. The molecule has 0 saturated heterocycles. The van der Waals surface area contributed by atoms with Gasteiger partial charge in [0.25, 0.3) is 0 Å². The Morgan fingerprint density at radius 1 is 1.12 bits per heavy atom. The number of ether oxygens (including phenoxy) is 1. The minimum atomic E-state index is -1.77. The van der Waals surface area contributed by atoms with Crippen LogP contribution < -0.4 is 0 Å². The molecule has 0 N–H and O–H groups in total. The summed E-state index contributed by atoms with van der Waals surface area (Å²) in [5, 5.41) is 0.236. The zero-order valence-corrected chi connectivity index (χ0v) is 23.9. The van der Waals surface area contributed by atoms with E-state index in [0.29, 0.717) is 30.3 Å². The zero-order valence-electron chi connectivity index (χ0n) is 22.9. The van der Waals surface area contributed by atoms with E-state index in [9.17, 15) is 4.79 Å². The number of carbonyl (C=O) groups excluding carboxylic acids is 1. The van der Waals surface area contributed by atoms with Crippen LogP contribution in [-0.2, 0) is 14.0 Å². The van der Waals surface area contributed by atoms with Gasteiger partial charge in [0.1, 0.15) is 0 Å². The predicted octanol–water partition coefficient (Wildman–Crippen LogP) is 8.13. The standard InChI is InChI=1S/C29H47FO3Si/c1-9-32-26(31)25(30)24-13-12-22-21-11-10-19-18-20(33-34(7,8)27(2,3)4)14-16-28(19,5)23(21)15-17-29(22,24)6/h10,20-23H,9,11-18H2,1-8H3/b25-24+/t20-,21?,22?,23?,28-,29-/m0/s1. The number of hydrogen-bond donors (Lipinski definition) is 0. The van der Waals surface area contributed by atoms with E-state index in [1.807, 2.05) is 0 Å². The molecular formula is C29H47FO3Si. The Hall–Kier alpha value is -0.943. The molecule has 5 heteroatoms. The van der Waals surface area contributed by atoms with Crippen molar-refractivity contribution in [3.8, 4) is 0 Å². The number of halogens is 1. The molecule has 34 heavy (non-hydrogen) atoms. The van der Waals surface area contributed by atoms with Crippen molar-refractivity contribution in [2.24, 2.45) is 28.6 Å². The molecule has 3 fully saturated rings. The van der Waals surface area contributed by atoms with E-state index in [1.54, 1.807) is 12.5 Å². The molecule has 0 spiro atoms. The summed E-state index contributed by atoms with van der Waals surface area (Å²) >= 11 is 0. The Morgan fingerprint density at radius 2 is 1.76 bits per heavy atom. The van der Waals surface area contributed by atoms with Gasteiger partial charge in [0, 0.05) is 6.10 Å². The number of esters is 1.